The number of hydrogen-bond acceptors (Lipinski definition) is 3. The van der Waals surface area contributed by atoms with E-state index in [9.17, 15) is 4.79 Å². The van der Waals surface area contributed by atoms with Crippen LogP contribution in [-0.4, -0.2) is 24.0 Å². The van der Waals surface area contributed by atoms with Crippen molar-refractivity contribution in [3.63, 3.8) is 0 Å². The molecule has 1 unspecified atom stereocenters. The molecule has 0 fully saturated rings. The molecule has 80 valence electrons. The summed E-state index contributed by atoms with van der Waals surface area (Å²) in [6.45, 7) is 1.90. The van der Waals surface area contributed by atoms with E-state index in [-0.39, 0.29) is 5.91 Å². The lowest BCUT2D eigenvalue weighted by Crippen LogP contribution is -2.43. The highest BCUT2D eigenvalue weighted by atomic mass is 35.5. The van der Waals surface area contributed by atoms with E-state index in [1.807, 2.05) is 6.92 Å². The van der Waals surface area contributed by atoms with Crippen molar-refractivity contribution in [3.8, 4) is 5.75 Å². The molecule has 0 aromatic carbocycles. The first kappa shape index (κ1) is 10.2. The third-order valence-corrected chi connectivity index (χ3v) is 2.57. The summed E-state index contributed by atoms with van der Waals surface area (Å²) in [4.78, 5) is 17.3. The maximum atomic E-state index is 11.7. The molecule has 1 atom stereocenters. The van der Waals surface area contributed by atoms with Crippen molar-refractivity contribution in [1.82, 2.24) is 4.98 Å². The maximum Gasteiger partial charge on any atom is 0.269 e. The van der Waals surface area contributed by atoms with Crippen molar-refractivity contribution in [1.29, 1.82) is 0 Å². The van der Waals surface area contributed by atoms with Crippen LogP contribution in [0.2, 0.25) is 5.02 Å². The first-order valence-corrected chi connectivity index (χ1v) is 5.11. The SMILES string of the molecule is CCC1Oc2cc(Cl)cnc2N(C)C1=O. The summed E-state index contributed by atoms with van der Waals surface area (Å²) >= 11 is 5.81. The second kappa shape index (κ2) is 3.70. The molecule has 0 bridgehead atoms. The minimum Gasteiger partial charge on any atom is -0.477 e. The van der Waals surface area contributed by atoms with Gasteiger partial charge in [0.2, 0.25) is 0 Å². The summed E-state index contributed by atoms with van der Waals surface area (Å²) in [7, 11) is 1.69. The number of pyridine rings is 1. The first-order valence-electron chi connectivity index (χ1n) is 4.73. The van der Waals surface area contributed by atoms with Crippen molar-refractivity contribution in [2.75, 3.05) is 11.9 Å². The van der Waals surface area contributed by atoms with E-state index in [0.29, 0.717) is 23.0 Å². The molecule has 0 spiro atoms. The number of rotatable bonds is 1. The second-order valence-electron chi connectivity index (χ2n) is 3.39. The van der Waals surface area contributed by atoms with Gasteiger partial charge < -0.3 is 4.74 Å². The van der Waals surface area contributed by atoms with E-state index >= 15 is 0 Å². The molecule has 1 aromatic heterocycles. The van der Waals surface area contributed by atoms with Crippen molar-refractivity contribution in [3.05, 3.63) is 17.3 Å². The lowest BCUT2D eigenvalue weighted by Gasteiger charge is -2.30. The third-order valence-electron chi connectivity index (χ3n) is 2.36. The van der Waals surface area contributed by atoms with E-state index in [2.05, 4.69) is 4.98 Å². The Balaban J connectivity index is 2.45. The molecule has 5 heteroatoms. The van der Waals surface area contributed by atoms with Gasteiger partial charge in [0.05, 0.1) is 5.02 Å². The highest BCUT2D eigenvalue weighted by Crippen LogP contribution is 2.33. The molecule has 1 aromatic rings. The van der Waals surface area contributed by atoms with Gasteiger partial charge >= 0.3 is 0 Å². The number of ether oxygens (including phenoxy) is 1. The zero-order valence-corrected chi connectivity index (χ0v) is 9.28. The number of hydrogen-bond donors (Lipinski definition) is 0. The lowest BCUT2D eigenvalue weighted by atomic mass is 10.2. The molecule has 0 aliphatic carbocycles. The molecule has 1 amide bonds. The van der Waals surface area contributed by atoms with Gasteiger partial charge in [0.25, 0.3) is 5.91 Å². The van der Waals surface area contributed by atoms with Gasteiger partial charge in [0, 0.05) is 19.3 Å². The summed E-state index contributed by atoms with van der Waals surface area (Å²) in [6.07, 6.45) is 1.71. The Labute approximate surface area is 92.8 Å². The van der Waals surface area contributed by atoms with E-state index in [1.54, 1.807) is 13.1 Å². The average molecular weight is 227 g/mol. The molecule has 4 nitrogen and oxygen atoms in total. The van der Waals surface area contributed by atoms with Crippen molar-refractivity contribution in [2.24, 2.45) is 0 Å². The van der Waals surface area contributed by atoms with Crippen LogP contribution in [0.5, 0.6) is 5.75 Å². The molecule has 2 heterocycles. The molecule has 0 N–H and O–H groups in total. The van der Waals surface area contributed by atoms with Crippen LogP contribution in [-0.2, 0) is 4.79 Å². The molecule has 0 saturated heterocycles. The summed E-state index contributed by atoms with van der Waals surface area (Å²) in [5.74, 6) is 1.02. The number of nitrogens with zero attached hydrogens (tertiary/aromatic N) is 2. The molecular weight excluding hydrogens is 216 g/mol. The van der Waals surface area contributed by atoms with Gasteiger partial charge in [0.15, 0.2) is 17.7 Å². The largest absolute Gasteiger partial charge is 0.477 e. The quantitative estimate of drug-likeness (QED) is 0.734. The molecule has 1 aliphatic rings. The van der Waals surface area contributed by atoms with Gasteiger partial charge in [0.1, 0.15) is 0 Å². The van der Waals surface area contributed by atoms with Crippen molar-refractivity contribution in [2.45, 2.75) is 19.4 Å². The topological polar surface area (TPSA) is 42.4 Å². The number of fused-ring (bicyclic) bond motifs is 1. The predicted octanol–water partition coefficient (Wildman–Crippen LogP) is 1.87. The predicted molar refractivity (Wildman–Crippen MR) is 57.4 cm³/mol. The van der Waals surface area contributed by atoms with E-state index < -0.39 is 6.10 Å². The average Bonchev–Trinajstić information content (AvgIpc) is 2.23. The zero-order valence-electron chi connectivity index (χ0n) is 8.53. The summed E-state index contributed by atoms with van der Waals surface area (Å²) in [5.41, 5.74) is 0. The normalized spacial score (nSPS) is 19.8. The fourth-order valence-corrected chi connectivity index (χ4v) is 1.68. The van der Waals surface area contributed by atoms with Crippen LogP contribution in [0.15, 0.2) is 12.3 Å². The Morgan fingerprint density at radius 1 is 1.67 bits per heavy atom. The molecular formula is C10H11ClN2O2. The van der Waals surface area contributed by atoms with Gasteiger partial charge in [-0.25, -0.2) is 4.98 Å². The fraction of sp³-hybridized carbons (Fsp3) is 0.400. The van der Waals surface area contributed by atoms with Crippen LogP contribution < -0.4 is 9.64 Å². The molecule has 0 radical (unpaired) electrons. The van der Waals surface area contributed by atoms with Gasteiger partial charge in [-0.1, -0.05) is 18.5 Å². The van der Waals surface area contributed by atoms with Gasteiger partial charge in [-0.05, 0) is 6.42 Å². The van der Waals surface area contributed by atoms with Crippen molar-refractivity contribution >= 4 is 23.3 Å². The van der Waals surface area contributed by atoms with E-state index in [1.165, 1.54) is 11.1 Å². The number of aromatic nitrogens is 1. The summed E-state index contributed by atoms with van der Waals surface area (Å²) < 4.78 is 5.51. The van der Waals surface area contributed by atoms with Gasteiger partial charge in [-0.2, -0.15) is 0 Å². The number of likely N-dealkylation sites (N-methyl/N-ethyl adjacent to an activating group) is 1. The Morgan fingerprint density at radius 2 is 2.40 bits per heavy atom. The highest BCUT2D eigenvalue weighted by Gasteiger charge is 2.31. The Hall–Kier alpha value is -1.29. The van der Waals surface area contributed by atoms with Crippen LogP contribution in [0.1, 0.15) is 13.3 Å². The molecule has 0 saturated carbocycles. The van der Waals surface area contributed by atoms with E-state index in [0.717, 1.165) is 0 Å². The summed E-state index contributed by atoms with van der Waals surface area (Å²) in [6, 6.07) is 1.68. The Bertz CT molecular complexity index is 408. The minimum atomic E-state index is -0.428. The Morgan fingerprint density at radius 3 is 3.07 bits per heavy atom. The van der Waals surface area contributed by atoms with Gasteiger partial charge in [-0.15, -0.1) is 0 Å². The monoisotopic (exact) mass is 226 g/mol. The minimum absolute atomic E-state index is 0.0696. The fourth-order valence-electron chi connectivity index (χ4n) is 1.53. The van der Waals surface area contributed by atoms with Crippen LogP contribution in [0.3, 0.4) is 0 Å². The van der Waals surface area contributed by atoms with Crippen LogP contribution >= 0.6 is 11.6 Å². The van der Waals surface area contributed by atoms with Gasteiger partial charge in [-0.3, -0.25) is 9.69 Å². The zero-order chi connectivity index (χ0) is 11.0. The smallest absolute Gasteiger partial charge is 0.269 e. The third kappa shape index (κ3) is 1.65. The number of halogens is 1. The maximum absolute atomic E-state index is 11.7. The highest BCUT2D eigenvalue weighted by molar-refractivity contribution is 6.30. The number of carbonyl (C=O) groups excluding carboxylic acids is 1. The van der Waals surface area contributed by atoms with Crippen LogP contribution in [0, 0.1) is 0 Å². The standard InChI is InChI=1S/C10H11ClN2O2/c1-3-7-10(14)13(2)9-8(15-7)4-6(11)5-12-9/h4-5,7H,3H2,1-2H3. The molecule has 1 aliphatic heterocycles. The number of anilines is 1. The van der Waals surface area contributed by atoms with E-state index in [4.69, 9.17) is 16.3 Å². The first-order chi connectivity index (χ1) is 7.13. The summed E-state index contributed by atoms with van der Waals surface area (Å²) in [5, 5.41) is 0.506. The van der Waals surface area contributed by atoms with Crippen molar-refractivity contribution < 1.29 is 9.53 Å². The number of amides is 1. The Kier molecular flexibility index (Phi) is 2.52. The molecule has 15 heavy (non-hydrogen) atoms. The lowest BCUT2D eigenvalue weighted by molar-refractivity contribution is -0.126. The van der Waals surface area contributed by atoms with Crippen LogP contribution in [0.4, 0.5) is 5.82 Å². The molecule has 2 rings (SSSR count). The van der Waals surface area contributed by atoms with Crippen LogP contribution in [0.25, 0.3) is 0 Å². The number of carbonyl (C=O) groups is 1. The second-order valence-corrected chi connectivity index (χ2v) is 3.82.